The van der Waals surface area contributed by atoms with Gasteiger partial charge in [0.05, 0.1) is 12.6 Å². The lowest BCUT2D eigenvalue weighted by atomic mass is 9.82. The van der Waals surface area contributed by atoms with E-state index in [4.69, 9.17) is 5.11 Å². The Balaban J connectivity index is 1.66. The molecule has 0 bridgehead atoms. The molecule has 1 fully saturated rings. The van der Waals surface area contributed by atoms with E-state index in [9.17, 15) is 0 Å². The third-order valence-corrected chi connectivity index (χ3v) is 2.73. The Labute approximate surface area is 83.2 Å². The van der Waals surface area contributed by atoms with Crippen molar-refractivity contribution >= 4 is 0 Å². The van der Waals surface area contributed by atoms with E-state index in [2.05, 4.69) is 15.4 Å². The molecule has 0 spiro atoms. The molecule has 1 saturated carbocycles. The highest BCUT2D eigenvalue weighted by atomic mass is 16.3. The molecule has 2 rings (SSSR count). The van der Waals surface area contributed by atoms with Gasteiger partial charge in [-0.3, -0.25) is 4.68 Å². The van der Waals surface area contributed by atoms with E-state index in [0.717, 1.165) is 31.8 Å². The molecule has 0 amide bonds. The van der Waals surface area contributed by atoms with Gasteiger partial charge in [0.2, 0.25) is 0 Å². The van der Waals surface area contributed by atoms with Gasteiger partial charge in [0.25, 0.3) is 0 Å². The number of aryl methyl sites for hydroxylation is 1. The molecule has 0 unspecified atom stereocenters. The molecule has 1 aliphatic carbocycles. The molecule has 5 heteroatoms. The van der Waals surface area contributed by atoms with E-state index in [0.29, 0.717) is 5.92 Å². The fourth-order valence-electron chi connectivity index (χ4n) is 1.74. The molecule has 1 aromatic rings. The minimum atomic E-state index is -0.0587. The second kappa shape index (κ2) is 4.06. The Morgan fingerprint density at radius 3 is 3.00 bits per heavy atom. The van der Waals surface area contributed by atoms with Gasteiger partial charge in [-0.05, 0) is 25.3 Å². The Kier molecular flexibility index (Phi) is 2.79. The maximum Gasteiger partial charge on any atom is 0.140 e. The molecule has 5 nitrogen and oxygen atoms in total. The summed E-state index contributed by atoms with van der Waals surface area (Å²) < 4.78 is 1.77. The summed E-state index contributed by atoms with van der Waals surface area (Å²) >= 11 is 0. The van der Waals surface area contributed by atoms with Crippen LogP contribution < -0.4 is 5.32 Å². The summed E-state index contributed by atoms with van der Waals surface area (Å²) in [7, 11) is 1.89. The van der Waals surface area contributed by atoms with Gasteiger partial charge < -0.3 is 10.4 Å². The molecule has 2 N–H and O–H groups in total. The van der Waals surface area contributed by atoms with Crippen LogP contribution in [0.5, 0.6) is 0 Å². The monoisotopic (exact) mass is 196 g/mol. The van der Waals surface area contributed by atoms with Gasteiger partial charge in [0.1, 0.15) is 12.2 Å². The SMILES string of the molecule is Cn1ncnc1CNCC1CC(O)C1. The van der Waals surface area contributed by atoms with Gasteiger partial charge in [-0.25, -0.2) is 4.98 Å². The third kappa shape index (κ3) is 2.10. The van der Waals surface area contributed by atoms with Crippen molar-refractivity contribution in [2.45, 2.75) is 25.5 Å². The van der Waals surface area contributed by atoms with Crippen molar-refractivity contribution in [3.8, 4) is 0 Å². The number of nitrogens with one attached hydrogen (secondary N) is 1. The zero-order chi connectivity index (χ0) is 9.97. The third-order valence-electron chi connectivity index (χ3n) is 2.73. The van der Waals surface area contributed by atoms with E-state index < -0.39 is 0 Å². The summed E-state index contributed by atoms with van der Waals surface area (Å²) in [4.78, 5) is 4.11. The van der Waals surface area contributed by atoms with Crippen LogP contribution >= 0.6 is 0 Å². The van der Waals surface area contributed by atoms with Crippen molar-refractivity contribution < 1.29 is 5.11 Å². The fraction of sp³-hybridized carbons (Fsp3) is 0.778. The van der Waals surface area contributed by atoms with Crippen molar-refractivity contribution in [2.24, 2.45) is 13.0 Å². The second-order valence-corrected chi connectivity index (χ2v) is 3.92. The highest BCUT2D eigenvalue weighted by Gasteiger charge is 2.26. The number of aliphatic hydroxyl groups is 1. The first-order valence-electron chi connectivity index (χ1n) is 4.97. The Morgan fingerprint density at radius 1 is 1.64 bits per heavy atom. The van der Waals surface area contributed by atoms with E-state index in [1.807, 2.05) is 7.05 Å². The number of aromatic nitrogens is 3. The lowest BCUT2D eigenvalue weighted by Crippen LogP contribution is -2.36. The van der Waals surface area contributed by atoms with E-state index >= 15 is 0 Å². The Bertz CT molecular complexity index is 293. The fourth-order valence-corrected chi connectivity index (χ4v) is 1.74. The van der Waals surface area contributed by atoms with Gasteiger partial charge >= 0.3 is 0 Å². The molecule has 0 radical (unpaired) electrons. The molecule has 0 aliphatic heterocycles. The molecule has 0 saturated heterocycles. The van der Waals surface area contributed by atoms with Gasteiger partial charge in [-0.2, -0.15) is 5.10 Å². The van der Waals surface area contributed by atoms with Crippen LogP contribution in [0, 0.1) is 5.92 Å². The average molecular weight is 196 g/mol. The predicted molar refractivity (Wildman–Crippen MR) is 51.4 cm³/mol. The number of aliphatic hydroxyl groups excluding tert-OH is 1. The highest BCUT2D eigenvalue weighted by Crippen LogP contribution is 2.25. The molecule has 1 heterocycles. The van der Waals surface area contributed by atoms with Gasteiger partial charge in [-0.15, -0.1) is 0 Å². The summed E-state index contributed by atoms with van der Waals surface area (Å²) in [5.41, 5.74) is 0. The van der Waals surface area contributed by atoms with Crippen LogP contribution in [0.4, 0.5) is 0 Å². The van der Waals surface area contributed by atoms with Gasteiger partial charge in [-0.1, -0.05) is 0 Å². The van der Waals surface area contributed by atoms with E-state index in [1.54, 1.807) is 11.0 Å². The topological polar surface area (TPSA) is 63.0 Å². The van der Waals surface area contributed by atoms with Crippen molar-refractivity contribution in [3.05, 3.63) is 12.2 Å². The van der Waals surface area contributed by atoms with Crippen LogP contribution in [0.25, 0.3) is 0 Å². The summed E-state index contributed by atoms with van der Waals surface area (Å²) in [6.45, 7) is 1.72. The first kappa shape index (κ1) is 9.61. The Morgan fingerprint density at radius 2 is 2.43 bits per heavy atom. The summed E-state index contributed by atoms with van der Waals surface area (Å²) in [6.07, 6.45) is 3.37. The maximum absolute atomic E-state index is 9.09. The Hall–Kier alpha value is -0.940. The largest absolute Gasteiger partial charge is 0.393 e. The quantitative estimate of drug-likeness (QED) is 0.692. The number of nitrogens with zero attached hydrogens (tertiary/aromatic N) is 3. The summed E-state index contributed by atoms with van der Waals surface area (Å²) in [6, 6.07) is 0. The predicted octanol–water partition coefficient (Wildman–Crippen LogP) is -0.324. The zero-order valence-corrected chi connectivity index (χ0v) is 8.35. The number of rotatable bonds is 4. The highest BCUT2D eigenvalue weighted by molar-refractivity contribution is 4.84. The van der Waals surface area contributed by atoms with E-state index in [1.165, 1.54) is 0 Å². The van der Waals surface area contributed by atoms with Crippen LogP contribution in [-0.2, 0) is 13.6 Å². The van der Waals surface area contributed by atoms with Crippen LogP contribution in [-0.4, -0.2) is 32.5 Å². The van der Waals surface area contributed by atoms with Crippen molar-refractivity contribution in [1.29, 1.82) is 0 Å². The standard InChI is InChI=1S/C9H16N4O/c1-13-9(11-6-12-13)5-10-4-7-2-8(14)3-7/h6-8,10,14H,2-5H2,1H3. The second-order valence-electron chi connectivity index (χ2n) is 3.92. The van der Waals surface area contributed by atoms with Crippen molar-refractivity contribution in [1.82, 2.24) is 20.1 Å². The summed E-state index contributed by atoms with van der Waals surface area (Å²) in [5.74, 6) is 1.59. The molecule has 1 aromatic heterocycles. The zero-order valence-electron chi connectivity index (χ0n) is 8.35. The molecular weight excluding hydrogens is 180 g/mol. The maximum atomic E-state index is 9.09. The lowest BCUT2D eigenvalue weighted by Gasteiger charge is -2.31. The van der Waals surface area contributed by atoms with Crippen LogP contribution in [0.2, 0.25) is 0 Å². The number of hydrogen-bond donors (Lipinski definition) is 2. The first-order valence-corrected chi connectivity index (χ1v) is 4.97. The van der Waals surface area contributed by atoms with Crippen LogP contribution in [0.1, 0.15) is 18.7 Å². The molecule has 14 heavy (non-hydrogen) atoms. The van der Waals surface area contributed by atoms with Crippen molar-refractivity contribution in [3.63, 3.8) is 0 Å². The van der Waals surface area contributed by atoms with Crippen LogP contribution in [0.3, 0.4) is 0 Å². The average Bonchev–Trinajstić information content (AvgIpc) is 2.49. The number of hydrogen-bond acceptors (Lipinski definition) is 4. The van der Waals surface area contributed by atoms with Gasteiger partial charge in [0.15, 0.2) is 0 Å². The van der Waals surface area contributed by atoms with Crippen LogP contribution in [0.15, 0.2) is 6.33 Å². The molecular formula is C9H16N4O. The van der Waals surface area contributed by atoms with Gasteiger partial charge in [0, 0.05) is 7.05 Å². The minimum Gasteiger partial charge on any atom is -0.393 e. The van der Waals surface area contributed by atoms with Crippen molar-refractivity contribution in [2.75, 3.05) is 6.54 Å². The normalized spacial score (nSPS) is 26.1. The summed E-state index contributed by atoms with van der Waals surface area (Å²) in [5, 5.41) is 16.4. The molecule has 1 aliphatic rings. The van der Waals surface area contributed by atoms with E-state index in [-0.39, 0.29) is 6.10 Å². The molecule has 0 aromatic carbocycles. The minimum absolute atomic E-state index is 0.0587. The molecule has 0 atom stereocenters. The first-order chi connectivity index (χ1) is 6.75. The molecule has 78 valence electrons. The smallest absolute Gasteiger partial charge is 0.140 e. The lowest BCUT2D eigenvalue weighted by molar-refractivity contribution is 0.0429.